The molecule has 0 bridgehead atoms. The first kappa shape index (κ1) is 16.7. The van der Waals surface area contributed by atoms with Gasteiger partial charge in [0.2, 0.25) is 10.0 Å². The third kappa shape index (κ3) is 3.97. The minimum atomic E-state index is -3.38. The van der Waals surface area contributed by atoms with Crippen molar-refractivity contribution in [3.63, 3.8) is 0 Å². The lowest BCUT2D eigenvalue weighted by molar-refractivity contribution is -0.158. The summed E-state index contributed by atoms with van der Waals surface area (Å²) in [4.78, 5) is 12.3. The van der Waals surface area contributed by atoms with Gasteiger partial charge in [0.15, 0.2) is 0 Å². The van der Waals surface area contributed by atoms with Gasteiger partial charge in [-0.15, -0.1) is 0 Å². The van der Waals surface area contributed by atoms with Crippen LogP contribution in [0.5, 0.6) is 0 Å². The van der Waals surface area contributed by atoms with Crippen molar-refractivity contribution in [2.45, 2.75) is 82.6 Å². The highest BCUT2D eigenvalue weighted by Crippen LogP contribution is 2.31. The van der Waals surface area contributed by atoms with Crippen LogP contribution in [-0.2, 0) is 19.6 Å². The second-order valence-electron chi connectivity index (χ2n) is 7.11. The van der Waals surface area contributed by atoms with Gasteiger partial charge in [-0.3, -0.25) is 4.79 Å². The van der Waals surface area contributed by atoms with Crippen LogP contribution in [0.1, 0.15) is 65.7 Å². The van der Waals surface area contributed by atoms with E-state index in [0.717, 1.165) is 38.5 Å². The standard InChI is InChI=1S/C15H27NO4S/c1-15(2,3)20-14(17)13-10-7-11-16(13)21(18,19)12-8-5-4-6-9-12/h12-13H,4-11H2,1-3H3/t13-/m0/s1. The zero-order valence-corrected chi connectivity index (χ0v) is 14.1. The molecule has 1 saturated heterocycles. The number of carbonyl (C=O) groups excluding carboxylic acids is 1. The van der Waals surface area contributed by atoms with Gasteiger partial charge in [0.05, 0.1) is 5.25 Å². The van der Waals surface area contributed by atoms with E-state index in [-0.39, 0.29) is 5.25 Å². The van der Waals surface area contributed by atoms with E-state index in [1.54, 1.807) is 20.8 Å². The quantitative estimate of drug-likeness (QED) is 0.750. The molecule has 0 radical (unpaired) electrons. The molecule has 0 amide bonds. The summed E-state index contributed by atoms with van der Waals surface area (Å²) in [5, 5.41) is -0.311. The maximum Gasteiger partial charge on any atom is 0.324 e. The molecule has 6 heteroatoms. The van der Waals surface area contributed by atoms with Gasteiger partial charge >= 0.3 is 5.97 Å². The van der Waals surface area contributed by atoms with Gasteiger partial charge in [-0.25, -0.2) is 8.42 Å². The van der Waals surface area contributed by atoms with E-state index in [1.807, 2.05) is 0 Å². The molecule has 1 aliphatic heterocycles. The summed E-state index contributed by atoms with van der Waals surface area (Å²) < 4.78 is 32.4. The van der Waals surface area contributed by atoms with Crippen LogP contribution >= 0.6 is 0 Å². The number of ether oxygens (including phenoxy) is 1. The van der Waals surface area contributed by atoms with Gasteiger partial charge in [-0.05, 0) is 46.5 Å². The maximum absolute atomic E-state index is 12.8. The molecule has 2 fully saturated rings. The van der Waals surface area contributed by atoms with E-state index >= 15 is 0 Å². The fourth-order valence-electron chi connectivity index (χ4n) is 3.20. The lowest BCUT2D eigenvalue weighted by atomic mass is 10.0. The Hall–Kier alpha value is -0.620. The summed E-state index contributed by atoms with van der Waals surface area (Å²) in [6, 6.07) is -0.629. The zero-order valence-electron chi connectivity index (χ0n) is 13.3. The van der Waals surface area contributed by atoms with Gasteiger partial charge in [-0.2, -0.15) is 4.31 Å². The molecule has 1 aliphatic carbocycles. The Morgan fingerprint density at radius 1 is 1.05 bits per heavy atom. The highest BCUT2D eigenvalue weighted by molar-refractivity contribution is 7.89. The van der Waals surface area contributed by atoms with Crippen LogP contribution in [0.2, 0.25) is 0 Å². The number of sulfonamides is 1. The summed E-state index contributed by atoms with van der Waals surface area (Å²) >= 11 is 0. The molecule has 122 valence electrons. The number of carbonyl (C=O) groups is 1. The highest BCUT2D eigenvalue weighted by Gasteiger charge is 2.44. The first-order valence-corrected chi connectivity index (χ1v) is 9.46. The van der Waals surface area contributed by atoms with Crippen LogP contribution in [-0.4, -0.2) is 42.1 Å². The molecule has 0 unspecified atom stereocenters. The molecule has 0 aromatic carbocycles. The lowest BCUT2D eigenvalue weighted by Crippen LogP contribution is -2.47. The molecule has 0 aromatic heterocycles. The Bertz CT molecular complexity index is 474. The summed E-state index contributed by atoms with van der Waals surface area (Å²) in [5.74, 6) is -0.403. The minimum absolute atomic E-state index is 0.311. The van der Waals surface area contributed by atoms with E-state index in [2.05, 4.69) is 0 Å². The van der Waals surface area contributed by atoms with Gasteiger partial charge in [0.1, 0.15) is 11.6 Å². The highest BCUT2D eigenvalue weighted by atomic mass is 32.2. The Labute approximate surface area is 128 Å². The summed E-state index contributed by atoms with van der Waals surface area (Å²) in [5.41, 5.74) is -0.583. The van der Waals surface area contributed by atoms with Crippen LogP contribution in [0.4, 0.5) is 0 Å². The Morgan fingerprint density at radius 3 is 2.24 bits per heavy atom. The average Bonchev–Trinajstić information content (AvgIpc) is 2.88. The zero-order chi connectivity index (χ0) is 15.7. The summed E-state index contributed by atoms with van der Waals surface area (Å²) in [7, 11) is -3.38. The number of hydrogen-bond donors (Lipinski definition) is 0. The van der Waals surface area contributed by atoms with E-state index in [1.165, 1.54) is 4.31 Å². The monoisotopic (exact) mass is 317 g/mol. The molecule has 1 saturated carbocycles. The molecule has 2 rings (SSSR count). The van der Waals surface area contributed by atoms with Crippen molar-refractivity contribution >= 4 is 16.0 Å². The molecule has 0 N–H and O–H groups in total. The number of nitrogens with zero attached hydrogens (tertiary/aromatic N) is 1. The van der Waals surface area contributed by atoms with E-state index in [0.29, 0.717) is 13.0 Å². The predicted molar refractivity (Wildman–Crippen MR) is 81.4 cm³/mol. The average molecular weight is 317 g/mol. The number of hydrogen-bond acceptors (Lipinski definition) is 4. The van der Waals surface area contributed by atoms with Crippen LogP contribution in [0.15, 0.2) is 0 Å². The molecule has 5 nitrogen and oxygen atoms in total. The smallest absolute Gasteiger partial charge is 0.324 e. The topological polar surface area (TPSA) is 63.7 Å². The van der Waals surface area contributed by atoms with Crippen LogP contribution < -0.4 is 0 Å². The van der Waals surface area contributed by atoms with Gasteiger partial charge in [0.25, 0.3) is 0 Å². The molecule has 21 heavy (non-hydrogen) atoms. The fraction of sp³-hybridized carbons (Fsp3) is 0.933. The van der Waals surface area contributed by atoms with Crippen molar-refractivity contribution in [2.24, 2.45) is 0 Å². The summed E-state index contributed by atoms with van der Waals surface area (Å²) in [6.07, 6.45) is 5.79. The van der Waals surface area contributed by atoms with Gasteiger partial charge in [0, 0.05) is 6.54 Å². The van der Waals surface area contributed by atoms with E-state index in [4.69, 9.17) is 4.74 Å². The van der Waals surface area contributed by atoms with Gasteiger partial charge in [-0.1, -0.05) is 19.3 Å². The number of esters is 1. The molecule has 0 aromatic rings. The number of rotatable bonds is 3. The molecular weight excluding hydrogens is 290 g/mol. The fourth-order valence-corrected chi connectivity index (χ4v) is 5.45. The third-order valence-electron chi connectivity index (χ3n) is 4.18. The van der Waals surface area contributed by atoms with Crippen molar-refractivity contribution in [1.82, 2.24) is 4.31 Å². The lowest BCUT2D eigenvalue weighted by Gasteiger charge is -2.31. The first-order valence-electron chi connectivity index (χ1n) is 7.95. The van der Waals surface area contributed by atoms with Crippen molar-refractivity contribution in [3.8, 4) is 0 Å². The van der Waals surface area contributed by atoms with Crippen LogP contribution in [0.3, 0.4) is 0 Å². The molecule has 1 heterocycles. The summed E-state index contributed by atoms with van der Waals surface area (Å²) in [6.45, 7) is 5.86. The molecular formula is C15H27NO4S. The second-order valence-corrected chi connectivity index (χ2v) is 9.27. The SMILES string of the molecule is CC(C)(C)OC(=O)[C@@H]1CCCN1S(=O)(=O)C1CCCCC1. The minimum Gasteiger partial charge on any atom is -0.459 e. The third-order valence-corrected chi connectivity index (χ3v) is 6.59. The van der Waals surface area contributed by atoms with Crippen LogP contribution in [0.25, 0.3) is 0 Å². The normalized spacial score (nSPS) is 26.0. The predicted octanol–water partition coefficient (Wildman–Crippen LogP) is 2.46. The largest absolute Gasteiger partial charge is 0.459 e. The van der Waals surface area contributed by atoms with Crippen LogP contribution in [0, 0.1) is 0 Å². The van der Waals surface area contributed by atoms with Crippen molar-refractivity contribution in [1.29, 1.82) is 0 Å². The molecule has 0 spiro atoms. The molecule has 1 atom stereocenters. The van der Waals surface area contributed by atoms with Crippen molar-refractivity contribution in [2.75, 3.05) is 6.54 Å². The van der Waals surface area contributed by atoms with E-state index in [9.17, 15) is 13.2 Å². The Morgan fingerprint density at radius 2 is 1.67 bits per heavy atom. The van der Waals surface area contributed by atoms with Crippen molar-refractivity contribution in [3.05, 3.63) is 0 Å². The van der Waals surface area contributed by atoms with Crippen molar-refractivity contribution < 1.29 is 17.9 Å². The van der Waals surface area contributed by atoms with Gasteiger partial charge < -0.3 is 4.74 Å². The second kappa shape index (κ2) is 6.24. The Kier molecular flexibility index (Phi) is 4.98. The first-order chi connectivity index (χ1) is 9.72. The Balaban J connectivity index is 2.12. The molecule has 2 aliphatic rings. The maximum atomic E-state index is 12.8. The van der Waals surface area contributed by atoms with E-state index < -0.39 is 27.6 Å².